The van der Waals surface area contributed by atoms with Crippen molar-refractivity contribution in [3.05, 3.63) is 59.3 Å². The van der Waals surface area contributed by atoms with E-state index in [9.17, 15) is 13.2 Å². The van der Waals surface area contributed by atoms with E-state index < -0.39 is 11.7 Å². The van der Waals surface area contributed by atoms with Crippen molar-refractivity contribution in [2.24, 2.45) is 0 Å². The van der Waals surface area contributed by atoms with Gasteiger partial charge in [-0.2, -0.15) is 13.2 Å². The summed E-state index contributed by atoms with van der Waals surface area (Å²) in [4.78, 5) is 3.84. The van der Waals surface area contributed by atoms with E-state index in [1.165, 1.54) is 17.2 Å². The summed E-state index contributed by atoms with van der Waals surface area (Å²) >= 11 is 0. The highest BCUT2D eigenvalue weighted by molar-refractivity contribution is 5.42. The maximum absolute atomic E-state index is 12.4. The number of hydrogen-bond donors (Lipinski definition) is 1. The van der Waals surface area contributed by atoms with E-state index in [1.807, 2.05) is 12.1 Å². The normalized spacial score (nSPS) is 15.2. The molecule has 0 aliphatic heterocycles. The molecule has 0 spiro atoms. The third-order valence-electron chi connectivity index (χ3n) is 3.49. The minimum Gasteiger partial charge on any atom is -0.367 e. The van der Waals surface area contributed by atoms with Gasteiger partial charge in [0.1, 0.15) is 5.82 Å². The van der Waals surface area contributed by atoms with Crippen LogP contribution in [0.4, 0.5) is 19.0 Å². The number of pyridine rings is 1. The molecule has 1 aliphatic rings. The van der Waals surface area contributed by atoms with Gasteiger partial charge < -0.3 is 5.32 Å². The average Bonchev–Trinajstić information content (AvgIpc) is 2.80. The number of fused-ring (bicyclic) bond motifs is 1. The van der Waals surface area contributed by atoms with Gasteiger partial charge in [-0.05, 0) is 36.1 Å². The van der Waals surface area contributed by atoms with Gasteiger partial charge in [-0.25, -0.2) is 4.98 Å². The first-order valence-corrected chi connectivity index (χ1v) is 6.39. The van der Waals surface area contributed by atoms with Gasteiger partial charge in [-0.15, -0.1) is 0 Å². The van der Waals surface area contributed by atoms with Crippen LogP contribution < -0.4 is 5.32 Å². The molecule has 20 heavy (non-hydrogen) atoms. The molecule has 2 aromatic rings. The second kappa shape index (κ2) is 4.81. The largest absolute Gasteiger partial charge is 0.417 e. The monoisotopic (exact) mass is 278 g/mol. The Balaban J connectivity index is 1.68. The van der Waals surface area contributed by atoms with E-state index in [-0.39, 0.29) is 6.04 Å². The van der Waals surface area contributed by atoms with Crippen LogP contribution in [0.25, 0.3) is 0 Å². The number of benzene rings is 1. The van der Waals surface area contributed by atoms with Crippen molar-refractivity contribution in [1.29, 1.82) is 0 Å². The van der Waals surface area contributed by atoms with Crippen molar-refractivity contribution in [1.82, 2.24) is 4.98 Å². The molecule has 0 saturated heterocycles. The summed E-state index contributed by atoms with van der Waals surface area (Å²) in [6.45, 7) is 0. The molecule has 0 fully saturated rings. The molecule has 0 amide bonds. The number of alkyl halides is 3. The number of aromatic nitrogens is 1. The van der Waals surface area contributed by atoms with Crippen molar-refractivity contribution in [3.8, 4) is 0 Å². The van der Waals surface area contributed by atoms with Crippen LogP contribution in [0.15, 0.2) is 42.6 Å². The molecular weight excluding hydrogens is 265 g/mol. The second-order valence-electron chi connectivity index (χ2n) is 4.95. The van der Waals surface area contributed by atoms with Crippen molar-refractivity contribution < 1.29 is 13.2 Å². The summed E-state index contributed by atoms with van der Waals surface area (Å²) < 4.78 is 37.3. The predicted octanol–water partition coefficient (Wildman–Crippen LogP) is 3.68. The lowest BCUT2D eigenvalue weighted by Gasteiger charge is -2.13. The standard InChI is InChI=1S/C15H13F3N2/c16-15(17,18)12-5-6-14(19-9-12)20-13-7-10-3-1-2-4-11(10)8-13/h1-6,9,13H,7-8H2,(H,19,20). The molecule has 2 nitrogen and oxygen atoms in total. The topological polar surface area (TPSA) is 24.9 Å². The maximum Gasteiger partial charge on any atom is 0.417 e. The van der Waals surface area contributed by atoms with Gasteiger partial charge in [0.05, 0.1) is 5.56 Å². The van der Waals surface area contributed by atoms with Crippen LogP contribution in [0.3, 0.4) is 0 Å². The van der Waals surface area contributed by atoms with Crippen LogP contribution >= 0.6 is 0 Å². The van der Waals surface area contributed by atoms with E-state index in [4.69, 9.17) is 0 Å². The first-order valence-electron chi connectivity index (χ1n) is 6.39. The van der Waals surface area contributed by atoms with Gasteiger partial charge in [-0.1, -0.05) is 24.3 Å². The zero-order chi connectivity index (χ0) is 14.2. The Hall–Kier alpha value is -2.04. The molecule has 1 aromatic heterocycles. The van der Waals surface area contributed by atoms with E-state index >= 15 is 0 Å². The predicted molar refractivity (Wildman–Crippen MR) is 70.5 cm³/mol. The van der Waals surface area contributed by atoms with Crippen molar-refractivity contribution in [3.63, 3.8) is 0 Å². The van der Waals surface area contributed by atoms with Crippen molar-refractivity contribution >= 4 is 5.82 Å². The molecule has 0 saturated carbocycles. The maximum atomic E-state index is 12.4. The first kappa shape index (κ1) is 13.0. The van der Waals surface area contributed by atoms with Gasteiger partial charge in [0.2, 0.25) is 0 Å². The molecule has 104 valence electrons. The lowest BCUT2D eigenvalue weighted by Crippen LogP contribution is -2.20. The van der Waals surface area contributed by atoms with E-state index in [1.54, 1.807) is 0 Å². The number of anilines is 1. The lowest BCUT2D eigenvalue weighted by molar-refractivity contribution is -0.137. The van der Waals surface area contributed by atoms with Gasteiger partial charge in [0.15, 0.2) is 0 Å². The highest BCUT2D eigenvalue weighted by Crippen LogP contribution is 2.29. The van der Waals surface area contributed by atoms with E-state index in [2.05, 4.69) is 22.4 Å². The molecule has 1 heterocycles. The third kappa shape index (κ3) is 2.61. The van der Waals surface area contributed by atoms with Gasteiger partial charge in [-0.3, -0.25) is 0 Å². The smallest absolute Gasteiger partial charge is 0.367 e. The number of hydrogen-bond acceptors (Lipinski definition) is 2. The second-order valence-corrected chi connectivity index (χ2v) is 4.95. The fraction of sp³-hybridized carbons (Fsp3) is 0.267. The van der Waals surface area contributed by atoms with E-state index in [0.717, 1.165) is 25.1 Å². The zero-order valence-corrected chi connectivity index (χ0v) is 10.6. The highest BCUT2D eigenvalue weighted by Gasteiger charge is 2.30. The van der Waals surface area contributed by atoms with Crippen molar-refractivity contribution in [2.75, 3.05) is 5.32 Å². The summed E-state index contributed by atoms with van der Waals surface area (Å²) in [5.41, 5.74) is 1.85. The van der Waals surface area contributed by atoms with E-state index in [0.29, 0.717) is 5.82 Å². The Bertz CT molecular complexity index is 580. The van der Waals surface area contributed by atoms with Crippen LogP contribution in [-0.4, -0.2) is 11.0 Å². The van der Waals surface area contributed by atoms with Gasteiger partial charge in [0, 0.05) is 12.2 Å². The number of nitrogens with zero attached hydrogens (tertiary/aromatic N) is 1. The summed E-state index contributed by atoms with van der Waals surface area (Å²) in [6.07, 6.45) is -1.72. The molecule has 0 radical (unpaired) electrons. The summed E-state index contributed by atoms with van der Waals surface area (Å²) in [7, 11) is 0. The molecule has 1 aromatic carbocycles. The van der Waals surface area contributed by atoms with Crippen LogP contribution in [0.2, 0.25) is 0 Å². The molecule has 3 rings (SSSR count). The zero-order valence-electron chi connectivity index (χ0n) is 10.6. The van der Waals surface area contributed by atoms with Crippen LogP contribution in [0.5, 0.6) is 0 Å². The fourth-order valence-corrected chi connectivity index (χ4v) is 2.52. The lowest BCUT2D eigenvalue weighted by atomic mass is 10.1. The average molecular weight is 278 g/mol. The Morgan fingerprint density at radius 1 is 1.00 bits per heavy atom. The van der Waals surface area contributed by atoms with Crippen LogP contribution in [0, 0.1) is 0 Å². The SMILES string of the molecule is FC(F)(F)c1ccc(NC2Cc3ccccc3C2)nc1. The summed E-state index contributed by atoms with van der Waals surface area (Å²) in [5.74, 6) is 0.482. The van der Waals surface area contributed by atoms with Crippen LogP contribution in [-0.2, 0) is 19.0 Å². The molecule has 5 heteroatoms. The van der Waals surface area contributed by atoms with Crippen LogP contribution in [0.1, 0.15) is 16.7 Å². The summed E-state index contributed by atoms with van der Waals surface area (Å²) in [5, 5.41) is 3.19. The molecule has 0 unspecified atom stereocenters. The van der Waals surface area contributed by atoms with Gasteiger partial charge >= 0.3 is 6.18 Å². The third-order valence-corrected chi connectivity index (χ3v) is 3.49. The van der Waals surface area contributed by atoms with Gasteiger partial charge in [0.25, 0.3) is 0 Å². The quantitative estimate of drug-likeness (QED) is 0.906. The van der Waals surface area contributed by atoms with Crippen molar-refractivity contribution in [2.45, 2.75) is 25.1 Å². The minimum absolute atomic E-state index is 0.191. The Kier molecular flexibility index (Phi) is 3.12. The highest BCUT2D eigenvalue weighted by atomic mass is 19.4. The summed E-state index contributed by atoms with van der Waals surface area (Å²) in [6, 6.07) is 10.8. The number of halogens is 3. The Morgan fingerprint density at radius 2 is 1.65 bits per heavy atom. The Labute approximate surface area is 114 Å². The number of nitrogens with one attached hydrogen (secondary N) is 1. The minimum atomic E-state index is -4.34. The number of rotatable bonds is 2. The fourth-order valence-electron chi connectivity index (χ4n) is 2.52. The molecule has 1 aliphatic carbocycles. The molecule has 0 atom stereocenters. The molecular formula is C15H13F3N2. The molecule has 0 bridgehead atoms. The first-order chi connectivity index (χ1) is 9.52. The Morgan fingerprint density at radius 3 is 2.15 bits per heavy atom. The molecule has 1 N–H and O–H groups in total.